The molecule has 0 N–H and O–H groups in total. The zero-order valence-electron chi connectivity index (χ0n) is 16.4. The molecule has 4 rings (SSSR count). The van der Waals surface area contributed by atoms with Crippen LogP contribution in [0, 0.1) is 0 Å². The Morgan fingerprint density at radius 2 is 1.17 bits per heavy atom. The SMILES string of the molecule is COc1ccc(S(=O)(=O)N2CCN(S(=O)(=O)c3ccc4ccccc4c3)CC2)cc1. The Labute approximate surface area is 176 Å². The number of benzene rings is 3. The van der Waals surface area contributed by atoms with Gasteiger partial charge in [0.1, 0.15) is 5.75 Å². The van der Waals surface area contributed by atoms with Crippen LogP contribution in [0.4, 0.5) is 0 Å². The van der Waals surface area contributed by atoms with Gasteiger partial charge in [-0.1, -0.05) is 30.3 Å². The van der Waals surface area contributed by atoms with Crippen LogP contribution in [-0.4, -0.2) is 58.7 Å². The number of fused-ring (bicyclic) bond motifs is 1. The first-order chi connectivity index (χ1) is 14.3. The van der Waals surface area contributed by atoms with E-state index in [1.165, 1.54) is 27.9 Å². The summed E-state index contributed by atoms with van der Waals surface area (Å²) in [6, 6.07) is 18.8. The Morgan fingerprint density at radius 1 is 0.667 bits per heavy atom. The van der Waals surface area contributed by atoms with Crippen molar-refractivity contribution in [3.8, 4) is 5.75 Å². The van der Waals surface area contributed by atoms with Gasteiger partial charge in [0.2, 0.25) is 20.0 Å². The van der Waals surface area contributed by atoms with Crippen LogP contribution in [0.3, 0.4) is 0 Å². The first-order valence-corrected chi connectivity index (χ1v) is 12.3. The summed E-state index contributed by atoms with van der Waals surface area (Å²) in [5.74, 6) is 0.570. The highest BCUT2D eigenvalue weighted by molar-refractivity contribution is 7.89. The largest absolute Gasteiger partial charge is 0.497 e. The van der Waals surface area contributed by atoms with Gasteiger partial charge in [-0.3, -0.25) is 0 Å². The zero-order chi connectivity index (χ0) is 21.4. The third kappa shape index (κ3) is 3.81. The second-order valence-electron chi connectivity index (χ2n) is 6.99. The van der Waals surface area contributed by atoms with Crippen molar-refractivity contribution >= 4 is 30.8 Å². The van der Waals surface area contributed by atoms with Crippen molar-refractivity contribution in [3.63, 3.8) is 0 Å². The fourth-order valence-corrected chi connectivity index (χ4v) is 6.40. The minimum Gasteiger partial charge on any atom is -0.497 e. The van der Waals surface area contributed by atoms with Crippen LogP contribution in [0.1, 0.15) is 0 Å². The number of ether oxygens (including phenoxy) is 1. The number of piperazine rings is 1. The van der Waals surface area contributed by atoms with Gasteiger partial charge >= 0.3 is 0 Å². The summed E-state index contributed by atoms with van der Waals surface area (Å²) in [5.41, 5.74) is 0. The standard InChI is InChI=1S/C21H22N2O5S2/c1-28-19-7-10-20(11-8-19)29(24,25)22-12-14-23(15-13-22)30(26,27)21-9-6-17-4-2-3-5-18(17)16-21/h2-11,16H,12-15H2,1H3. The highest BCUT2D eigenvalue weighted by Gasteiger charge is 2.33. The van der Waals surface area contributed by atoms with Crippen LogP contribution >= 0.6 is 0 Å². The molecule has 1 aliphatic rings. The van der Waals surface area contributed by atoms with Gasteiger partial charge in [0.15, 0.2) is 0 Å². The van der Waals surface area contributed by atoms with Crippen molar-refractivity contribution in [2.45, 2.75) is 9.79 Å². The third-order valence-electron chi connectivity index (χ3n) is 5.25. The summed E-state index contributed by atoms with van der Waals surface area (Å²) >= 11 is 0. The fraction of sp³-hybridized carbons (Fsp3) is 0.238. The van der Waals surface area contributed by atoms with Crippen molar-refractivity contribution in [3.05, 3.63) is 66.7 Å². The zero-order valence-corrected chi connectivity index (χ0v) is 18.1. The molecular formula is C21H22N2O5S2. The smallest absolute Gasteiger partial charge is 0.243 e. The van der Waals surface area contributed by atoms with Crippen molar-refractivity contribution in [2.75, 3.05) is 33.3 Å². The van der Waals surface area contributed by atoms with Crippen molar-refractivity contribution in [2.24, 2.45) is 0 Å². The van der Waals surface area contributed by atoms with Gasteiger partial charge in [0.25, 0.3) is 0 Å². The maximum atomic E-state index is 13.1. The number of rotatable bonds is 5. The molecule has 0 bridgehead atoms. The van der Waals surface area contributed by atoms with Gasteiger partial charge in [-0.25, -0.2) is 16.8 Å². The maximum absolute atomic E-state index is 13.1. The van der Waals surface area contributed by atoms with Crippen LogP contribution in [0.15, 0.2) is 76.5 Å². The summed E-state index contributed by atoms with van der Waals surface area (Å²) in [7, 11) is -5.88. The molecule has 0 atom stereocenters. The predicted molar refractivity (Wildman–Crippen MR) is 114 cm³/mol. The van der Waals surface area contributed by atoms with E-state index in [4.69, 9.17) is 4.74 Å². The maximum Gasteiger partial charge on any atom is 0.243 e. The van der Waals surface area contributed by atoms with Crippen molar-refractivity contribution < 1.29 is 21.6 Å². The molecule has 0 aromatic heterocycles. The average Bonchev–Trinajstić information content (AvgIpc) is 2.78. The van der Waals surface area contributed by atoms with E-state index in [1.807, 2.05) is 24.3 Å². The van der Waals surface area contributed by atoms with E-state index < -0.39 is 20.0 Å². The molecule has 0 amide bonds. The average molecular weight is 447 g/mol. The molecule has 0 spiro atoms. The molecule has 9 heteroatoms. The van der Waals surface area contributed by atoms with Crippen LogP contribution in [-0.2, 0) is 20.0 Å². The van der Waals surface area contributed by atoms with E-state index in [2.05, 4.69) is 0 Å². The van der Waals surface area contributed by atoms with Crippen molar-refractivity contribution in [1.29, 1.82) is 0 Å². The lowest BCUT2D eigenvalue weighted by atomic mass is 10.1. The number of sulfonamides is 2. The minimum absolute atomic E-state index is 0.0984. The van der Waals surface area contributed by atoms with Crippen molar-refractivity contribution in [1.82, 2.24) is 8.61 Å². The van der Waals surface area contributed by atoms with E-state index >= 15 is 0 Å². The summed E-state index contributed by atoms with van der Waals surface area (Å²) < 4.78 is 59.6. The fourth-order valence-electron chi connectivity index (χ4n) is 3.52. The van der Waals surface area contributed by atoms with Gasteiger partial charge in [0, 0.05) is 26.2 Å². The van der Waals surface area contributed by atoms with Gasteiger partial charge < -0.3 is 4.74 Å². The number of methoxy groups -OCH3 is 1. The van der Waals surface area contributed by atoms with Crippen LogP contribution in [0.2, 0.25) is 0 Å². The molecule has 3 aromatic carbocycles. The number of nitrogens with zero attached hydrogens (tertiary/aromatic N) is 2. The molecule has 30 heavy (non-hydrogen) atoms. The van der Waals surface area contributed by atoms with E-state index in [9.17, 15) is 16.8 Å². The quantitative estimate of drug-likeness (QED) is 0.601. The number of hydrogen-bond acceptors (Lipinski definition) is 5. The molecule has 158 valence electrons. The van der Waals surface area contributed by atoms with Gasteiger partial charge in [-0.15, -0.1) is 0 Å². The molecule has 1 aliphatic heterocycles. The predicted octanol–water partition coefficient (Wildman–Crippen LogP) is 2.54. The molecule has 1 fully saturated rings. The summed E-state index contributed by atoms with van der Waals surface area (Å²) in [4.78, 5) is 0.377. The van der Waals surface area contributed by atoms with Crippen LogP contribution < -0.4 is 4.74 Å². The monoisotopic (exact) mass is 446 g/mol. The summed E-state index contributed by atoms with van der Waals surface area (Å²) in [6.45, 7) is 0.400. The lowest BCUT2D eigenvalue weighted by molar-refractivity contribution is 0.273. The Hall–Kier alpha value is -2.46. The highest BCUT2D eigenvalue weighted by atomic mass is 32.2. The minimum atomic E-state index is -3.70. The van der Waals surface area contributed by atoms with E-state index in [1.54, 1.807) is 30.3 Å². The summed E-state index contributed by atoms with van der Waals surface area (Å²) in [5, 5.41) is 1.81. The van der Waals surface area contributed by atoms with Gasteiger partial charge in [-0.2, -0.15) is 8.61 Å². The second kappa shape index (κ2) is 7.99. The second-order valence-corrected chi connectivity index (χ2v) is 10.9. The van der Waals surface area contributed by atoms with Crippen LogP contribution in [0.5, 0.6) is 5.75 Å². The van der Waals surface area contributed by atoms with Gasteiger partial charge in [-0.05, 0) is 47.2 Å². The first-order valence-electron chi connectivity index (χ1n) is 9.45. The Kier molecular flexibility index (Phi) is 5.54. The molecule has 7 nitrogen and oxygen atoms in total. The molecule has 0 aliphatic carbocycles. The van der Waals surface area contributed by atoms with Gasteiger partial charge in [0.05, 0.1) is 16.9 Å². The van der Waals surface area contributed by atoms with E-state index in [-0.39, 0.29) is 36.0 Å². The topological polar surface area (TPSA) is 84.0 Å². The first kappa shape index (κ1) is 20.8. The Bertz CT molecular complexity index is 1260. The third-order valence-corrected chi connectivity index (χ3v) is 9.06. The molecule has 1 saturated heterocycles. The molecule has 0 unspecified atom stereocenters. The molecule has 3 aromatic rings. The molecule has 0 saturated carbocycles. The molecule has 0 radical (unpaired) electrons. The normalized spacial score (nSPS) is 16.6. The lowest BCUT2D eigenvalue weighted by Gasteiger charge is -2.33. The van der Waals surface area contributed by atoms with Crippen LogP contribution in [0.25, 0.3) is 10.8 Å². The molecular weight excluding hydrogens is 424 g/mol. The lowest BCUT2D eigenvalue weighted by Crippen LogP contribution is -2.50. The highest BCUT2D eigenvalue weighted by Crippen LogP contribution is 2.25. The van der Waals surface area contributed by atoms with E-state index in [0.717, 1.165) is 10.8 Å². The molecule has 1 heterocycles. The Morgan fingerprint density at radius 3 is 1.73 bits per heavy atom. The summed E-state index contributed by atoms with van der Waals surface area (Å²) in [6.07, 6.45) is 0. The Balaban J connectivity index is 1.51. The van der Waals surface area contributed by atoms with E-state index in [0.29, 0.717) is 5.75 Å². The number of hydrogen-bond donors (Lipinski definition) is 0.